The lowest BCUT2D eigenvalue weighted by molar-refractivity contribution is -0.133. The number of nitrogens with zero attached hydrogens (tertiary/aromatic N) is 11. The fraction of sp³-hybridized carbons (Fsp3) is 0.471. The summed E-state index contributed by atoms with van der Waals surface area (Å²) in [7, 11) is 0. The molecule has 2 amide bonds. The van der Waals surface area contributed by atoms with Crippen LogP contribution in [0.25, 0.3) is 0 Å². The first-order chi connectivity index (χ1) is 28.1. The molecule has 314 valence electrons. The number of aliphatic hydroxyl groups excluding tert-OH is 1. The quantitative estimate of drug-likeness (QED) is 0.0708. The number of hydrogen-bond donors (Lipinski definition) is 4. The number of aliphatic hydroxyl groups is 1. The molecule has 0 bridgehead atoms. The van der Waals surface area contributed by atoms with Crippen LogP contribution in [0.15, 0.2) is 59.8 Å². The fourth-order valence-electron chi connectivity index (χ4n) is 6.32. The van der Waals surface area contributed by atoms with E-state index in [0.29, 0.717) is 17.0 Å². The number of hydrogen-bond acceptors (Lipinski definition) is 14. The normalized spacial score (nSPS) is 16.4. The van der Waals surface area contributed by atoms with Gasteiger partial charge in [-0.2, -0.15) is 0 Å². The van der Waals surface area contributed by atoms with Crippen LogP contribution in [0.2, 0.25) is 0 Å². The summed E-state index contributed by atoms with van der Waals surface area (Å²) in [5.74, 6) is -0.885. The van der Waals surface area contributed by atoms with Gasteiger partial charge in [-0.05, 0) is 20.8 Å². The van der Waals surface area contributed by atoms with Gasteiger partial charge < -0.3 is 19.6 Å². The molecule has 24 nitrogen and oxygen atoms in total. The molecule has 0 radical (unpaired) electrons. The molecule has 0 aromatic carbocycles. The molecule has 5 aromatic rings. The summed E-state index contributed by atoms with van der Waals surface area (Å²) in [6.45, 7) is 3.98. The first-order valence-electron chi connectivity index (χ1n) is 18.2. The molecule has 3 atom stereocenters. The molecule has 0 aliphatic carbocycles. The topological polar surface area (TPSA) is 296 Å². The third-order valence-electron chi connectivity index (χ3n) is 9.55. The molecule has 1 saturated heterocycles. The van der Waals surface area contributed by atoms with Gasteiger partial charge in [0.15, 0.2) is 0 Å². The Morgan fingerprint density at radius 1 is 0.746 bits per heavy atom. The second-order valence-corrected chi connectivity index (χ2v) is 14.4. The number of aromatic nitrogens is 12. The minimum absolute atomic E-state index is 0.00966. The van der Waals surface area contributed by atoms with Crippen LogP contribution in [0.5, 0.6) is 0 Å². The predicted molar refractivity (Wildman–Crippen MR) is 204 cm³/mol. The molecule has 59 heavy (non-hydrogen) atoms. The Morgan fingerprint density at radius 3 is 1.80 bits per heavy atom. The lowest BCUT2D eigenvalue weighted by atomic mass is 10.2. The molecule has 0 spiro atoms. The maximum absolute atomic E-state index is 13.7. The summed E-state index contributed by atoms with van der Waals surface area (Å²) in [6.07, 6.45) is 4.52. The number of amides is 2. The van der Waals surface area contributed by atoms with Crippen molar-refractivity contribution in [1.29, 1.82) is 0 Å². The van der Waals surface area contributed by atoms with Gasteiger partial charge in [-0.15, -0.1) is 21.8 Å². The van der Waals surface area contributed by atoms with Gasteiger partial charge in [-0.25, -0.2) is 19.1 Å². The number of carbonyl (C=O) groups is 2. The van der Waals surface area contributed by atoms with Crippen LogP contribution in [0.3, 0.4) is 0 Å². The van der Waals surface area contributed by atoms with Crippen LogP contribution in [0, 0.1) is 20.8 Å². The SMILES string of the molecule is Cc1cn(CC(=O)N(CCCl)Cc2cn(CCN(Cc3cn(C[C@H]4O[C@@H](n5cc(C)c(=O)[nH]c5=O)C[C@@H]4O)nn3)C(=O)Cn3cc(C)c(=O)[nH]c3=O)nn2)c(=O)[nH]c1=O. The van der Waals surface area contributed by atoms with E-state index in [2.05, 4.69) is 35.6 Å². The van der Waals surface area contributed by atoms with Crippen molar-refractivity contribution in [3.8, 4) is 0 Å². The van der Waals surface area contributed by atoms with Gasteiger partial charge in [0.2, 0.25) is 11.8 Å². The van der Waals surface area contributed by atoms with Gasteiger partial charge in [0.05, 0.1) is 44.7 Å². The highest BCUT2D eigenvalue weighted by molar-refractivity contribution is 6.18. The highest BCUT2D eigenvalue weighted by Gasteiger charge is 2.36. The van der Waals surface area contributed by atoms with Crippen LogP contribution in [0.4, 0.5) is 0 Å². The Labute approximate surface area is 336 Å². The first kappa shape index (κ1) is 42.1. The molecule has 1 aliphatic rings. The summed E-state index contributed by atoms with van der Waals surface area (Å²) in [5, 5.41) is 27.4. The van der Waals surface area contributed by atoms with Crippen LogP contribution in [0.1, 0.15) is 40.7 Å². The number of nitrogens with one attached hydrogen (secondary N) is 3. The number of alkyl halides is 1. The van der Waals surface area contributed by atoms with Gasteiger partial charge in [0, 0.05) is 60.7 Å². The van der Waals surface area contributed by atoms with E-state index in [1.807, 2.05) is 0 Å². The summed E-state index contributed by atoms with van der Waals surface area (Å²) >= 11 is 5.97. The van der Waals surface area contributed by atoms with Gasteiger partial charge in [0.1, 0.15) is 36.8 Å². The maximum atomic E-state index is 13.7. The zero-order valence-electron chi connectivity index (χ0n) is 32.1. The van der Waals surface area contributed by atoms with E-state index >= 15 is 0 Å². The number of H-pyrrole nitrogens is 3. The molecule has 1 aliphatic heterocycles. The molecule has 1 fully saturated rings. The van der Waals surface area contributed by atoms with Crippen molar-refractivity contribution in [3.05, 3.63) is 122 Å². The third kappa shape index (κ3) is 10.1. The van der Waals surface area contributed by atoms with E-state index in [-0.39, 0.29) is 69.2 Å². The molecule has 25 heteroatoms. The number of halogens is 1. The lowest BCUT2D eigenvalue weighted by Gasteiger charge is -2.22. The minimum Gasteiger partial charge on any atom is -0.390 e. The summed E-state index contributed by atoms with van der Waals surface area (Å²) in [4.78, 5) is 109. The Morgan fingerprint density at radius 2 is 1.24 bits per heavy atom. The average Bonchev–Trinajstić information content (AvgIpc) is 3.92. The molecule has 0 unspecified atom stereocenters. The standard InChI is InChI=1S/C34H41ClN14O10/c1-19-9-45(32(56)36-29(19)53)17-26(51)43(5-4-35)12-22-14-47(41-39-22)7-6-44(27(52)18-46-10-20(2)30(54)37-33(46)57)13-23-15-48(42-40-23)16-25-24(50)8-28(59-25)49-11-21(3)31(55)38-34(49)58/h9-11,14-15,24-25,28,50H,4-8,12-13,16-18H2,1-3H3,(H,36,53,56)(H,37,54,57)(H,38,55,58)/t24-,25+,28+/m0/s1. The van der Waals surface area contributed by atoms with Crippen molar-refractivity contribution in [2.75, 3.05) is 19.0 Å². The smallest absolute Gasteiger partial charge is 0.330 e. The molecule has 4 N–H and O–H groups in total. The number of carbonyl (C=O) groups excluding carboxylic acids is 2. The Balaban J connectivity index is 1.14. The van der Waals surface area contributed by atoms with Crippen LogP contribution >= 0.6 is 11.6 Å². The van der Waals surface area contributed by atoms with Crippen LogP contribution in [-0.4, -0.2) is 117 Å². The zero-order chi connectivity index (χ0) is 42.5. The third-order valence-corrected chi connectivity index (χ3v) is 9.72. The van der Waals surface area contributed by atoms with Crippen molar-refractivity contribution in [1.82, 2.24) is 68.4 Å². The van der Waals surface area contributed by atoms with E-state index in [4.69, 9.17) is 16.3 Å². The average molecular weight is 841 g/mol. The highest BCUT2D eigenvalue weighted by atomic mass is 35.5. The van der Waals surface area contributed by atoms with Crippen molar-refractivity contribution in [3.63, 3.8) is 0 Å². The van der Waals surface area contributed by atoms with Gasteiger partial charge >= 0.3 is 17.1 Å². The van der Waals surface area contributed by atoms with Crippen LogP contribution in [-0.2, 0) is 53.6 Å². The number of aromatic amines is 3. The summed E-state index contributed by atoms with van der Waals surface area (Å²) < 4.78 is 12.2. The van der Waals surface area contributed by atoms with Crippen molar-refractivity contribution in [2.24, 2.45) is 0 Å². The number of rotatable bonds is 16. The summed E-state index contributed by atoms with van der Waals surface area (Å²) in [6, 6.07) is 0. The Kier molecular flexibility index (Phi) is 12.8. The van der Waals surface area contributed by atoms with E-state index in [1.165, 1.54) is 56.2 Å². The van der Waals surface area contributed by atoms with Crippen molar-refractivity contribution < 1.29 is 19.4 Å². The van der Waals surface area contributed by atoms with Crippen molar-refractivity contribution >= 4 is 23.4 Å². The molecular weight excluding hydrogens is 800 g/mol. The summed E-state index contributed by atoms with van der Waals surface area (Å²) in [5.41, 5.74) is -2.34. The maximum Gasteiger partial charge on any atom is 0.330 e. The second kappa shape index (κ2) is 17.9. The molecule has 5 aromatic heterocycles. The predicted octanol–water partition coefficient (Wildman–Crippen LogP) is -3.31. The lowest BCUT2D eigenvalue weighted by Crippen LogP contribution is -2.40. The minimum atomic E-state index is -0.985. The number of aryl methyl sites for hydroxylation is 3. The number of ether oxygens (including phenoxy) is 1. The molecule has 6 rings (SSSR count). The molecule has 6 heterocycles. The largest absolute Gasteiger partial charge is 0.390 e. The van der Waals surface area contributed by atoms with E-state index < -0.39 is 70.5 Å². The molecule has 0 saturated carbocycles. The van der Waals surface area contributed by atoms with Crippen molar-refractivity contribution in [2.45, 2.75) is 84.9 Å². The monoisotopic (exact) mass is 840 g/mol. The van der Waals surface area contributed by atoms with E-state index in [1.54, 1.807) is 19.3 Å². The van der Waals surface area contributed by atoms with Gasteiger partial charge in [-0.3, -0.25) is 57.3 Å². The van der Waals surface area contributed by atoms with E-state index in [9.17, 15) is 43.5 Å². The first-order valence-corrected chi connectivity index (χ1v) is 18.8. The molecular formula is C34H41ClN14O10. The fourth-order valence-corrected chi connectivity index (χ4v) is 6.52. The zero-order valence-corrected chi connectivity index (χ0v) is 32.9. The van der Waals surface area contributed by atoms with Gasteiger partial charge in [-0.1, -0.05) is 10.4 Å². The van der Waals surface area contributed by atoms with Gasteiger partial charge in [0.25, 0.3) is 16.7 Å². The Bertz CT molecular complexity index is 2710. The van der Waals surface area contributed by atoms with E-state index in [0.717, 1.165) is 9.13 Å². The highest BCUT2D eigenvalue weighted by Crippen LogP contribution is 2.28. The second-order valence-electron chi connectivity index (χ2n) is 14.0. The Hall–Kier alpha value is -6.53. The van der Waals surface area contributed by atoms with Crippen LogP contribution < -0.4 is 33.7 Å².